The van der Waals surface area contributed by atoms with Crippen molar-refractivity contribution in [2.75, 3.05) is 93.6 Å². The summed E-state index contributed by atoms with van der Waals surface area (Å²) in [5, 5.41) is 8.31. The first kappa shape index (κ1) is 48.6. The van der Waals surface area contributed by atoms with E-state index in [-0.39, 0.29) is 47.5 Å². The van der Waals surface area contributed by atoms with Crippen LogP contribution in [-0.2, 0) is 22.4 Å². The van der Waals surface area contributed by atoms with Crippen molar-refractivity contribution in [2.45, 2.75) is 76.3 Å². The van der Waals surface area contributed by atoms with Gasteiger partial charge in [0.15, 0.2) is 0 Å². The number of aromatic nitrogens is 2. The van der Waals surface area contributed by atoms with Crippen LogP contribution < -0.4 is 10.6 Å². The summed E-state index contributed by atoms with van der Waals surface area (Å²) < 4.78 is 0. The van der Waals surface area contributed by atoms with E-state index in [0.717, 1.165) is 75.7 Å². The van der Waals surface area contributed by atoms with Crippen LogP contribution in [0.15, 0.2) is 74.1 Å². The van der Waals surface area contributed by atoms with Gasteiger partial charge in [-0.15, -0.1) is 13.2 Å². The maximum Gasteiger partial charge on any atom is 0.324 e. The lowest BCUT2D eigenvalue weighted by molar-refractivity contribution is -0.136. The van der Waals surface area contributed by atoms with Crippen LogP contribution in [0.25, 0.3) is 21.8 Å². The van der Waals surface area contributed by atoms with Crippen molar-refractivity contribution < 1.29 is 19.2 Å². The fourth-order valence-electron chi connectivity index (χ4n) is 11.4. The highest BCUT2D eigenvalue weighted by Crippen LogP contribution is 2.46. The summed E-state index contributed by atoms with van der Waals surface area (Å²) in [6.07, 6.45) is 13.1. The standard InChI is InChI=1S/2C26H37N5O2/c2*1-5-11-30-17-19(25(32)31(26(33)27-6-2)13-8-12-29(3)4)14-21-20-9-7-10-22-24(20)18(16-28-22)15-23(21)30/h2*5,7,9-10,16,19,21,23,28H,1,6,8,11-15,17H2,2-4H3,(H,27,33)/t2*19-,21-,23-/m11/s1. The zero-order valence-corrected chi connectivity index (χ0v) is 40.3. The topological polar surface area (TPSA) is 143 Å². The van der Waals surface area contributed by atoms with Gasteiger partial charge in [-0.2, -0.15) is 0 Å². The first-order valence-corrected chi connectivity index (χ1v) is 24.2. The molecule has 0 radical (unpaired) electrons. The van der Waals surface area contributed by atoms with Crippen LogP contribution >= 0.6 is 0 Å². The molecule has 14 nitrogen and oxygen atoms in total. The van der Waals surface area contributed by atoms with Gasteiger partial charge in [0.05, 0.1) is 11.8 Å². The molecule has 0 spiro atoms. The van der Waals surface area contributed by atoms with Gasteiger partial charge in [-0.25, -0.2) is 9.59 Å². The second-order valence-corrected chi connectivity index (χ2v) is 19.2. The molecule has 4 N–H and O–H groups in total. The van der Waals surface area contributed by atoms with Crippen molar-refractivity contribution in [1.29, 1.82) is 0 Å². The first-order chi connectivity index (χ1) is 31.9. The van der Waals surface area contributed by atoms with Crippen molar-refractivity contribution in [3.8, 4) is 0 Å². The van der Waals surface area contributed by atoms with E-state index in [9.17, 15) is 19.2 Å². The largest absolute Gasteiger partial charge is 0.361 e. The number of hydrogen-bond donors (Lipinski definition) is 4. The molecule has 2 aromatic heterocycles. The Labute approximate surface area is 391 Å². The highest BCUT2D eigenvalue weighted by Gasteiger charge is 2.45. The smallest absolute Gasteiger partial charge is 0.324 e. The number of likely N-dealkylation sites (tertiary alicyclic amines) is 2. The lowest BCUT2D eigenvalue weighted by Gasteiger charge is -2.47. The molecular weight excluding hydrogens is 829 g/mol. The number of rotatable bonds is 16. The Morgan fingerprint density at radius 3 is 1.42 bits per heavy atom. The molecule has 6 atom stereocenters. The van der Waals surface area contributed by atoms with E-state index in [4.69, 9.17) is 0 Å². The zero-order valence-electron chi connectivity index (χ0n) is 40.3. The summed E-state index contributed by atoms with van der Waals surface area (Å²) in [5.41, 5.74) is 7.68. The number of carbonyl (C=O) groups excluding carboxylic acids is 4. The number of benzene rings is 2. The fourth-order valence-corrected chi connectivity index (χ4v) is 11.4. The van der Waals surface area contributed by atoms with Crippen molar-refractivity contribution in [2.24, 2.45) is 11.8 Å². The van der Waals surface area contributed by atoms with Gasteiger partial charge in [0.25, 0.3) is 0 Å². The van der Waals surface area contributed by atoms with Crippen LogP contribution in [0.1, 0.15) is 73.6 Å². The summed E-state index contributed by atoms with van der Waals surface area (Å²) in [7, 11) is 8.02. The molecular formula is C52H74N10O4. The molecule has 0 bridgehead atoms. The second kappa shape index (κ2) is 22.0. The molecule has 2 aromatic carbocycles. The average Bonchev–Trinajstić information content (AvgIpc) is 3.92. The van der Waals surface area contributed by atoms with Gasteiger partial charge in [-0.3, -0.25) is 29.2 Å². The van der Waals surface area contributed by atoms with Crippen molar-refractivity contribution in [3.05, 3.63) is 96.4 Å². The lowest BCUT2D eigenvalue weighted by Crippen LogP contribution is -2.55. The summed E-state index contributed by atoms with van der Waals surface area (Å²) in [4.78, 5) is 71.8. The van der Waals surface area contributed by atoms with Gasteiger partial charge in [0, 0.05) is 110 Å². The van der Waals surface area contributed by atoms with Gasteiger partial charge in [-0.05, 0) is 128 Å². The Kier molecular flexibility index (Phi) is 16.2. The Hall–Kier alpha value is -5.28. The highest BCUT2D eigenvalue weighted by molar-refractivity contribution is 5.97. The van der Waals surface area contributed by atoms with E-state index < -0.39 is 0 Å². The Bertz CT molecular complexity index is 2190. The van der Waals surface area contributed by atoms with E-state index in [1.807, 2.05) is 54.2 Å². The molecule has 4 heterocycles. The molecule has 66 heavy (non-hydrogen) atoms. The van der Waals surface area contributed by atoms with Crippen LogP contribution in [0.4, 0.5) is 9.59 Å². The first-order valence-electron chi connectivity index (χ1n) is 24.2. The minimum Gasteiger partial charge on any atom is -0.361 e. The number of H-pyrrole nitrogens is 2. The number of urea groups is 2. The fraction of sp³-hybridized carbons (Fsp3) is 0.538. The number of nitrogens with zero attached hydrogens (tertiary/aromatic N) is 6. The second-order valence-electron chi connectivity index (χ2n) is 19.2. The van der Waals surface area contributed by atoms with Crippen molar-refractivity contribution in [1.82, 2.24) is 50.0 Å². The van der Waals surface area contributed by atoms with Crippen LogP contribution in [-0.4, -0.2) is 169 Å². The molecule has 4 aromatic rings. The molecule has 2 saturated heterocycles. The summed E-state index contributed by atoms with van der Waals surface area (Å²) in [6, 6.07) is 13.0. The number of imide groups is 2. The Balaban J connectivity index is 0.000000196. The minimum atomic E-state index is -0.280. The van der Waals surface area contributed by atoms with Crippen molar-refractivity contribution >= 4 is 45.7 Å². The normalized spacial score (nSPS) is 22.2. The molecule has 14 heteroatoms. The Morgan fingerprint density at radius 1 is 0.652 bits per heavy atom. The van der Waals surface area contributed by atoms with Crippen LogP contribution in [0.3, 0.4) is 0 Å². The van der Waals surface area contributed by atoms with Gasteiger partial charge >= 0.3 is 12.1 Å². The Morgan fingerprint density at radius 2 is 1.06 bits per heavy atom. The van der Waals surface area contributed by atoms with E-state index in [1.54, 1.807) is 0 Å². The third-order valence-electron chi connectivity index (χ3n) is 14.2. The molecule has 2 aliphatic heterocycles. The maximum atomic E-state index is 13.7. The highest BCUT2D eigenvalue weighted by atomic mass is 16.2. The molecule has 6 amide bonds. The number of amides is 6. The lowest BCUT2D eigenvalue weighted by atomic mass is 9.72. The van der Waals surface area contributed by atoms with E-state index in [1.165, 1.54) is 42.8 Å². The van der Waals surface area contributed by atoms with Gasteiger partial charge in [0.2, 0.25) is 11.8 Å². The minimum absolute atomic E-state index is 0.0562. The van der Waals surface area contributed by atoms with Gasteiger partial charge in [-0.1, -0.05) is 36.4 Å². The van der Waals surface area contributed by atoms with Gasteiger partial charge in [0.1, 0.15) is 0 Å². The predicted octanol–water partition coefficient (Wildman–Crippen LogP) is 6.39. The third kappa shape index (κ3) is 10.5. The van der Waals surface area contributed by atoms with Crippen LogP contribution in [0, 0.1) is 11.8 Å². The number of aromatic amines is 2. The van der Waals surface area contributed by atoms with Crippen LogP contribution in [0.2, 0.25) is 0 Å². The zero-order chi connectivity index (χ0) is 47.1. The number of fused-ring (bicyclic) bond motifs is 4. The summed E-state index contributed by atoms with van der Waals surface area (Å²) in [6.45, 7) is 18.0. The quantitative estimate of drug-likeness (QED) is 0.0949. The predicted molar refractivity (Wildman–Crippen MR) is 265 cm³/mol. The molecule has 0 unspecified atom stereocenters. The average molecular weight is 903 g/mol. The SMILES string of the molecule is C=CCN1C[C@H](C(=O)N(CCCN(C)C)C(=O)NCC)C[C@@H]2c3cccc4[nH]cc(c34)C[C@H]21.C=CCN1C[C@H](C(=O)N(CCCN(C)C)C(=O)NCC)C[C@@H]2c3cccc4[nH]cc(c34)C[C@H]21. The van der Waals surface area contributed by atoms with E-state index >= 15 is 0 Å². The molecule has 8 rings (SSSR count). The summed E-state index contributed by atoms with van der Waals surface area (Å²) in [5.74, 6) is -0.0265. The molecule has 2 fully saturated rings. The number of hydrogen-bond acceptors (Lipinski definition) is 8. The molecule has 356 valence electrons. The van der Waals surface area contributed by atoms with E-state index in [0.29, 0.717) is 51.4 Å². The number of nitrogens with one attached hydrogen (secondary N) is 4. The van der Waals surface area contributed by atoms with Gasteiger partial charge < -0.3 is 30.4 Å². The third-order valence-corrected chi connectivity index (χ3v) is 14.2. The maximum absolute atomic E-state index is 13.7. The molecule has 4 aliphatic rings. The summed E-state index contributed by atoms with van der Waals surface area (Å²) >= 11 is 0. The molecule has 2 aliphatic carbocycles. The number of carbonyl (C=O) groups is 4. The monoisotopic (exact) mass is 903 g/mol. The van der Waals surface area contributed by atoms with E-state index in [2.05, 4.69) is 102 Å². The van der Waals surface area contributed by atoms with Crippen LogP contribution in [0.5, 0.6) is 0 Å². The number of piperidine rings is 2. The van der Waals surface area contributed by atoms with Crippen molar-refractivity contribution in [3.63, 3.8) is 0 Å². The molecule has 0 saturated carbocycles.